The predicted octanol–water partition coefficient (Wildman–Crippen LogP) is 4.53. The quantitative estimate of drug-likeness (QED) is 0.455. The fourth-order valence-electron chi connectivity index (χ4n) is 2.78. The number of aryl methyl sites for hydroxylation is 2. The van der Waals surface area contributed by atoms with Crippen molar-refractivity contribution in [3.63, 3.8) is 0 Å². The van der Waals surface area contributed by atoms with Crippen molar-refractivity contribution < 1.29 is 4.79 Å². The lowest BCUT2D eigenvalue weighted by atomic mass is 10.1. The number of hydrogen-bond acceptors (Lipinski definition) is 5. The molecule has 2 heterocycles. The molecule has 0 aliphatic rings. The Bertz CT molecular complexity index is 980. The van der Waals surface area contributed by atoms with E-state index in [1.54, 1.807) is 18.5 Å². The van der Waals surface area contributed by atoms with Crippen molar-refractivity contribution in [1.29, 1.82) is 0 Å². The van der Waals surface area contributed by atoms with Crippen LogP contribution in [0.5, 0.6) is 0 Å². The molecule has 0 spiro atoms. The predicted molar refractivity (Wildman–Crippen MR) is 114 cm³/mol. The van der Waals surface area contributed by atoms with Crippen LogP contribution in [0.15, 0.2) is 54.5 Å². The summed E-state index contributed by atoms with van der Waals surface area (Å²) in [4.78, 5) is 16.6. The molecule has 1 N–H and O–H groups in total. The van der Waals surface area contributed by atoms with Crippen LogP contribution in [0.3, 0.4) is 0 Å². The highest BCUT2D eigenvalue weighted by atomic mass is 35.5. The van der Waals surface area contributed by atoms with Crippen molar-refractivity contribution in [2.75, 3.05) is 11.1 Å². The summed E-state index contributed by atoms with van der Waals surface area (Å²) in [6.07, 6.45) is 5.20. The van der Waals surface area contributed by atoms with Gasteiger partial charge in [-0.05, 0) is 43.2 Å². The molecular weight excluding hydrogens is 394 g/mol. The molecule has 3 rings (SSSR count). The molecule has 1 amide bonds. The van der Waals surface area contributed by atoms with Gasteiger partial charge in [0.25, 0.3) is 0 Å². The molecule has 2 aromatic heterocycles. The van der Waals surface area contributed by atoms with E-state index < -0.39 is 0 Å². The molecule has 0 aliphatic heterocycles. The lowest BCUT2D eigenvalue weighted by Crippen LogP contribution is -2.16. The summed E-state index contributed by atoms with van der Waals surface area (Å²) >= 11 is 7.58. The first-order chi connectivity index (χ1) is 13.5. The summed E-state index contributed by atoms with van der Waals surface area (Å²) in [5, 5.41) is 12.5. The van der Waals surface area contributed by atoms with Gasteiger partial charge in [-0.2, -0.15) is 0 Å². The Hall–Kier alpha value is -2.64. The topological polar surface area (TPSA) is 72.7 Å². The SMILES string of the molecule is C=CCn1c(SCC(=O)Nc2c(C)cc(C)cc2Cl)nnc1-c1cccnc1. The minimum Gasteiger partial charge on any atom is -0.324 e. The Kier molecular flexibility index (Phi) is 6.49. The van der Waals surface area contributed by atoms with E-state index in [-0.39, 0.29) is 11.7 Å². The van der Waals surface area contributed by atoms with E-state index in [1.165, 1.54) is 11.8 Å². The van der Waals surface area contributed by atoms with Gasteiger partial charge in [-0.3, -0.25) is 14.3 Å². The number of pyridine rings is 1. The third-order valence-electron chi connectivity index (χ3n) is 3.98. The molecule has 0 fully saturated rings. The van der Waals surface area contributed by atoms with Crippen molar-refractivity contribution >= 4 is 35.0 Å². The van der Waals surface area contributed by atoms with E-state index >= 15 is 0 Å². The monoisotopic (exact) mass is 413 g/mol. The third kappa shape index (κ3) is 4.61. The number of thioether (sulfide) groups is 1. The van der Waals surface area contributed by atoms with Crippen LogP contribution in [0.2, 0.25) is 5.02 Å². The summed E-state index contributed by atoms with van der Waals surface area (Å²) in [5.41, 5.74) is 3.48. The smallest absolute Gasteiger partial charge is 0.234 e. The third-order valence-corrected chi connectivity index (χ3v) is 5.24. The van der Waals surface area contributed by atoms with Crippen LogP contribution >= 0.6 is 23.4 Å². The summed E-state index contributed by atoms with van der Waals surface area (Å²) in [6.45, 7) is 8.21. The van der Waals surface area contributed by atoms with Gasteiger partial charge < -0.3 is 5.32 Å². The van der Waals surface area contributed by atoms with Gasteiger partial charge in [0.2, 0.25) is 5.91 Å². The van der Waals surface area contributed by atoms with Crippen LogP contribution < -0.4 is 5.32 Å². The second kappa shape index (κ2) is 9.03. The normalized spacial score (nSPS) is 10.7. The van der Waals surface area contributed by atoms with Crippen LogP contribution in [0.1, 0.15) is 11.1 Å². The van der Waals surface area contributed by atoms with Crippen LogP contribution in [0.4, 0.5) is 5.69 Å². The molecule has 0 aliphatic carbocycles. The number of aromatic nitrogens is 4. The molecule has 8 heteroatoms. The first-order valence-electron chi connectivity index (χ1n) is 8.63. The summed E-state index contributed by atoms with van der Waals surface area (Å²) in [6, 6.07) is 7.57. The van der Waals surface area contributed by atoms with Crippen LogP contribution in [0, 0.1) is 13.8 Å². The standard InChI is InChI=1S/C20H20ClN5OS/c1-4-8-26-19(15-6-5-7-22-11-15)24-25-20(26)28-12-17(27)23-18-14(3)9-13(2)10-16(18)21/h4-7,9-11H,1,8,12H2,2-3H3,(H,23,27). The highest BCUT2D eigenvalue weighted by Gasteiger charge is 2.16. The van der Waals surface area contributed by atoms with E-state index in [0.717, 1.165) is 16.7 Å². The number of hydrogen-bond donors (Lipinski definition) is 1. The number of halogens is 1. The summed E-state index contributed by atoms with van der Waals surface area (Å²) in [7, 11) is 0. The molecule has 0 saturated heterocycles. The second-order valence-electron chi connectivity index (χ2n) is 6.22. The maximum Gasteiger partial charge on any atom is 0.234 e. The van der Waals surface area contributed by atoms with Crippen molar-refractivity contribution in [3.05, 3.63) is 65.5 Å². The van der Waals surface area contributed by atoms with E-state index in [4.69, 9.17) is 11.6 Å². The first kappa shape index (κ1) is 20.1. The Balaban J connectivity index is 1.73. The molecule has 0 atom stereocenters. The van der Waals surface area contributed by atoms with E-state index in [2.05, 4.69) is 27.1 Å². The van der Waals surface area contributed by atoms with Gasteiger partial charge in [-0.1, -0.05) is 35.5 Å². The van der Waals surface area contributed by atoms with Crippen molar-refractivity contribution in [2.45, 2.75) is 25.5 Å². The van der Waals surface area contributed by atoms with Gasteiger partial charge in [0, 0.05) is 24.5 Å². The molecule has 0 unspecified atom stereocenters. The average Bonchev–Trinajstić information content (AvgIpc) is 3.07. The number of allylic oxidation sites excluding steroid dienone is 1. The number of nitrogens with one attached hydrogen (secondary N) is 1. The number of carbonyl (C=O) groups is 1. The number of carbonyl (C=O) groups excluding carboxylic acids is 1. The Morgan fingerprint density at radius 3 is 2.86 bits per heavy atom. The minimum atomic E-state index is -0.157. The van der Waals surface area contributed by atoms with E-state index in [0.29, 0.717) is 28.2 Å². The fraction of sp³-hybridized carbons (Fsp3) is 0.200. The van der Waals surface area contributed by atoms with E-state index in [1.807, 2.05) is 42.7 Å². The van der Waals surface area contributed by atoms with Gasteiger partial charge in [-0.15, -0.1) is 16.8 Å². The fourth-order valence-corrected chi connectivity index (χ4v) is 3.89. The van der Waals surface area contributed by atoms with Crippen LogP contribution in [-0.4, -0.2) is 31.4 Å². The maximum atomic E-state index is 12.4. The van der Waals surface area contributed by atoms with Gasteiger partial charge in [-0.25, -0.2) is 0 Å². The molecule has 144 valence electrons. The number of nitrogens with zero attached hydrogens (tertiary/aromatic N) is 4. The summed E-state index contributed by atoms with van der Waals surface area (Å²) < 4.78 is 1.91. The second-order valence-corrected chi connectivity index (χ2v) is 7.57. The molecule has 0 bridgehead atoms. The zero-order chi connectivity index (χ0) is 20.1. The maximum absolute atomic E-state index is 12.4. The van der Waals surface area contributed by atoms with Gasteiger partial charge in [0.1, 0.15) is 0 Å². The molecule has 0 radical (unpaired) electrons. The summed E-state index contributed by atoms with van der Waals surface area (Å²) in [5.74, 6) is 0.717. The lowest BCUT2D eigenvalue weighted by molar-refractivity contribution is -0.113. The first-order valence-corrected chi connectivity index (χ1v) is 10.00. The van der Waals surface area contributed by atoms with Crippen LogP contribution in [0.25, 0.3) is 11.4 Å². The zero-order valence-electron chi connectivity index (χ0n) is 15.6. The van der Waals surface area contributed by atoms with Gasteiger partial charge >= 0.3 is 0 Å². The number of anilines is 1. The van der Waals surface area contributed by atoms with Crippen molar-refractivity contribution in [3.8, 4) is 11.4 Å². The molecule has 0 saturated carbocycles. The minimum absolute atomic E-state index is 0.157. The zero-order valence-corrected chi connectivity index (χ0v) is 17.2. The lowest BCUT2D eigenvalue weighted by Gasteiger charge is -2.11. The molecule has 28 heavy (non-hydrogen) atoms. The van der Waals surface area contributed by atoms with E-state index in [9.17, 15) is 4.79 Å². The Labute approximate surface area is 173 Å². The highest BCUT2D eigenvalue weighted by Crippen LogP contribution is 2.28. The van der Waals surface area contributed by atoms with Crippen LogP contribution in [-0.2, 0) is 11.3 Å². The molecule has 3 aromatic rings. The van der Waals surface area contributed by atoms with Crippen molar-refractivity contribution in [1.82, 2.24) is 19.7 Å². The molecule has 1 aromatic carbocycles. The Morgan fingerprint density at radius 2 is 2.18 bits per heavy atom. The number of amides is 1. The molecule has 6 nitrogen and oxygen atoms in total. The van der Waals surface area contributed by atoms with Gasteiger partial charge in [0.05, 0.1) is 16.5 Å². The molecular formula is C20H20ClN5OS. The number of benzene rings is 1. The van der Waals surface area contributed by atoms with Gasteiger partial charge in [0.15, 0.2) is 11.0 Å². The average molecular weight is 414 g/mol. The number of rotatable bonds is 7. The van der Waals surface area contributed by atoms with Crippen molar-refractivity contribution in [2.24, 2.45) is 0 Å². The Morgan fingerprint density at radius 1 is 1.36 bits per heavy atom. The largest absolute Gasteiger partial charge is 0.324 e. The highest BCUT2D eigenvalue weighted by molar-refractivity contribution is 7.99.